The highest BCUT2D eigenvalue weighted by molar-refractivity contribution is 5.98. The van der Waals surface area contributed by atoms with Gasteiger partial charge in [-0.3, -0.25) is 4.79 Å². The summed E-state index contributed by atoms with van der Waals surface area (Å²) in [6, 6.07) is 12.9. The molecule has 1 aromatic heterocycles. The number of carbonyl (C=O) groups is 1. The van der Waals surface area contributed by atoms with Crippen molar-refractivity contribution in [2.45, 2.75) is 0 Å². The van der Waals surface area contributed by atoms with Crippen LogP contribution in [-0.2, 0) is 0 Å². The number of ether oxygens (including phenoxy) is 2. The van der Waals surface area contributed by atoms with Gasteiger partial charge in [-0.05, 0) is 24.3 Å². The van der Waals surface area contributed by atoms with Crippen molar-refractivity contribution in [2.75, 3.05) is 33.2 Å². The maximum Gasteiger partial charge on any atom is 0.284 e. The van der Waals surface area contributed by atoms with E-state index in [0.717, 1.165) is 31.7 Å². The molecular formula is C20H19N4O3+. The number of benzene rings is 2. The van der Waals surface area contributed by atoms with Crippen molar-refractivity contribution in [1.82, 2.24) is 14.9 Å². The molecule has 2 aliphatic rings. The molecule has 1 amide bonds. The summed E-state index contributed by atoms with van der Waals surface area (Å²) in [6.45, 7) is 3.35. The number of fused-ring (bicyclic) bond motifs is 3. The van der Waals surface area contributed by atoms with Crippen molar-refractivity contribution in [2.24, 2.45) is 0 Å². The first-order valence-electron chi connectivity index (χ1n) is 9.05. The van der Waals surface area contributed by atoms with Crippen LogP contribution in [0.1, 0.15) is 10.4 Å². The molecule has 2 aromatic carbocycles. The van der Waals surface area contributed by atoms with Crippen LogP contribution in [0.4, 0.5) is 0 Å². The zero-order valence-electron chi connectivity index (χ0n) is 14.9. The fourth-order valence-electron chi connectivity index (χ4n) is 3.43. The van der Waals surface area contributed by atoms with Crippen LogP contribution in [0, 0.1) is 0 Å². The second-order valence-corrected chi connectivity index (χ2v) is 6.91. The van der Waals surface area contributed by atoms with Gasteiger partial charge in [0.25, 0.3) is 17.7 Å². The Morgan fingerprint density at radius 2 is 1.63 bits per heavy atom. The monoisotopic (exact) mass is 363 g/mol. The number of rotatable bonds is 1. The molecule has 136 valence electrons. The molecule has 0 aliphatic carbocycles. The Balaban J connectivity index is 1.51. The van der Waals surface area contributed by atoms with E-state index in [-0.39, 0.29) is 11.8 Å². The van der Waals surface area contributed by atoms with E-state index in [9.17, 15) is 4.79 Å². The number of aromatic nitrogens is 2. The summed E-state index contributed by atoms with van der Waals surface area (Å²) in [5.74, 6) is 1.45. The van der Waals surface area contributed by atoms with Crippen LogP contribution in [0.25, 0.3) is 11.0 Å². The lowest BCUT2D eigenvalue weighted by atomic mass is 10.1. The van der Waals surface area contributed by atoms with Crippen LogP contribution in [0.2, 0.25) is 0 Å². The van der Waals surface area contributed by atoms with Crippen molar-refractivity contribution in [3.05, 3.63) is 48.0 Å². The van der Waals surface area contributed by atoms with E-state index >= 15 is 0 Å². The maximum absolute atomic E-state index is 13.0. The molecule has 7 nitrogen and oxygen atoms in total. The minimum absolute atomic E-state index is 0.0415. The molecule has 0 atom stereocenters. The number of quaternary nitrogens is 1. The molecule has 0 radical (unpaired) electrons. The largest absolute Gasteiger partial charge is 0.431 e. The summed E-state index contributed by atoms with van der Waals surface area (Å²) in [6.07, 6.45) is 0. The van der Waals surface area contributed by atoms with E-state index in [2.05, 4.69) is 17.0 Å². The number of nitrogens with one attached hydrogen (secondary N) is 1. The van der Waals surface area contributed by atoms with E-state index in [1.807, 2.05) is 29.2 Å². The second-order valence-electron chi connectivity index (χ2n) is 6.91. The van der Waals surface area contributed by atoms with Gasteiger partial charge in [-0.1, -0.05) is 18.2 Å². The Hall–Kier alpha value is -3.19. The zero-order valence-corrected chi connectivity index (χ0v) is 14.9. The highest BCUT2D eigenvalue weighted by Crippen LogP contribution is 2.45. The van der Waals surface area contributed by atoms with Gasteiger partial charge in [0, 0.05) is 0 Å². The molecule has 1 saturated heterocycles. The highest BCUT2D eigenvalue weighted by atomic mass is 16.6. The molecule has 0 unspecified atom stereocenters. The lowest BCUT2D eigenvalue weighted by Crippen LogP contribution is -3.12. The molecule has 0 spiro atoms. The average molecular weight is 363 g/mol. The van der Waals surface area contributed by atoms with Gasteiger partial charge < -0.3 is 19.3 Å². The minimum Gasteiger partial charge on any atom is -0.431 e. The van der Waals surface area contributed by atoms with Crippen molar-refractivity contribution in [3.8, 4) is 23.3 Å². The first-order valence-corrected chi connectivity index (χ1v) is 9.05. The summed E-state index contributed by atoms with van der Waals surface area (Å²) in [7, 11) is 2.14. The Kier molecular flexibility index (Phi) is 3.68. The van der Waals surface area contributed by atoms with E-state index < -0.39 is 0 Å². The van der Waals surface area contributed by atoms with E-state index in [4.69, 9.17) is 9.47 Å². The van der Waals surface area contributed by atoms with E-state index in [1.54, 1.807) is 18.2 Å². The summed E-state index contributed by atoms with van der Waals surface area (Å²) in [5, 5.41) is 0. The minimum atomic E-state index is -0.0415. The number of carbonyl (C=O) groups excluding carboxylic acids is 1. The predicted octanol–water partition coefficient (Wildman–Crippen LogP) is 1.50. The topological polar surface area (TPSA) is 69.0 Å². The molecular weight excluding hydrogens is 344 g/mol. The van der Waals surface area contributed by atoms with Gasteiger partial charge in [0.05, 0.1) is 49.8 Å². The average Bonchev–Trinajstić information content (AvgIpc) is 2.70. The number of likely N-dealkylation sites (N-methyl/N-ethyl adjacent to an activating group) is 1. The summed E-state index contributed by atoms with van der Waals surface area (Å²) in [5.41, 5.74) is 1.94. The smallest absolute Gasteiger partial charge is 0.284 e. The first kappa shape index (κ1) is 16.0. The van der Waals surface area contributed by atoms with Crippen LogP contribution in [-0.4, -0.2) is 54.0 Å². The summed E-state index contributed by atoms with van der Waals surface area (Å²) >= 11 is 0. The third-order valence-corrected chi connectivity index (χ3v) is 5.03. The molecule has 5 rings (SSSR count). The molecule has 7 heteroatoms. The van der Waals surface area contributed by atoms with Crippen LogP contribution >= 0.6 is 0 Å². The Morgan fingerprint density at radius 1 is 0.963 bits per heavy atom. The van der Waals surface area contributed by atoms with Crippen LogP contribution in [0.15, 0.2) is 42.5 Å². The van der Waals surface area contributed by atoms with Crippen LogP contribution in [0.5, 0.6) is 23.3 Å². The molecule has 0 bridgehead atoms. The molecule has 27 heavy (non-hydrogen) atoms. The van der Waals surface area contributed by atoms with Gasteiger partial charge in [0.15, 0.2) is 11.5 Å². The van der Waals surface area contributed by atoms with Gasteiger partial charge in [-0.2, -0.15) is 0 Å². The zero-order chi connectivity index (χ0) is 18.4. The van der Waals surface area contributed by atoms with Crippen LogP contribution in [0.3, 0.4) is 0 Å². The number of piperazine rings is 1. The summed E-state index contributed by atoms with van der Waals surface area (Å²) < 4.78 is 11.9. The highest BCUT2D eigenvalue weighted by Gasteiger charge is 2.30. The standard InChI is InChI=1S/C20H18N4O3/c1-23-9-11-24(12-10-23)20(25)13-5-4-8-16-17(13)27-19-18(26-16)21-14-6-2-3-7-15(14)22-19/h2-8H,9-12H2,1H3/p+1. The number of hydrogen-bond donors (Lipinski definition) is 1. The molecule has 1 fully saturated rings. The Labute approximate surface area is 156 Å². The third kappa shape index (κ3) is 2.76. The normalized spacial score (nSPS) is 16.3. The van der Waals surface area contributed by atoms with Crippen molar-refractivity contribution < 1.29 is 19.2 Å². The molecule has 3 aromatic rings. The molecule has 2 aliphatic heterocycles. The molecule has 0 saturated carbocycles. The fraction of sp³-hybridized carbons (Fsp3) is 0.250. The number of amides is 1. The van der Waals surface area contributed by atoms with Gasteiger partial charge in [0.1, 0.15) is 0 Å². The maximum atomic E-state index is 13.0. The SMILES string of the molecule is C[NH+]1CCN(C(=O)c2cccc3c2Oc2nc4ccccc4nc2O3)CC1. The third-order valence-electron chi connectivity index (χ3n) is 5.03. The first-order chi connectivity index (χ1) is 13.2. The van der Waals surface area contributed by atoms with Crippen LogP contribution < -0.4 is 14.4 Å². The van der Waals surface area contributed by atoms with E-state index in [1.165, 1.54) is 4.90 Å². The number of nitrogens with zero attached hydrogens (tertiary/aromatic N) is 3. The Bertz CT molecular complexity index is 1040. The van der Waals surface area contributed by atoms with Gasteiger partial charge >= 0.3 is 0 Å². The quantitative estimate of drug-likeness (QED) is 0.555. The lowest BCUT2D eigenvalue weighted by molar-refractivity contribution is -0.883. The van der Waals surface area contributed by atoms with Gasteiger partial charge in [-0.25, -0.2) is 9.97 Å². The van der Waals surface area contributed by atoms with Crippen molar-refractivity contribution in [3.63, 3.8) is 0 Å². The lowest BCUT2D eigenvalue weighted by Gasteiger charge is -2.31. The van der Waals surface area contributed by atoms with Crippen molar-refractivity contribution >= 4 is 16.9 Å². The summed E-state index contributed by atoms with van der Waals surface area (Å²) in [4.78, 5) is 25.3. The predicted molar refractivity (Wildman–Crippen MR) is 98.7 cm³/mol. The van der Waals surface area contributed by atoms with Gasteiger partial charge in [0.2, 0.25) is 0 Å². The molecule has 1 N–H and O–H groups in total. The fourth-order valence-corrected chi connectivity index (χ4v) is 3.43. The Morgan fingerprint density at radius 3 is 2.33 bits per heavy atom. The number of para-hydroxylation sites is 3. The van der Waals surface area contributed by atoms with E-state index in [0.29, 0.717) is 28.5 Å². The van der Waals surface area contributed by atoms with Gasteiger partial charge in [-0.15, -0.1) is 0 Å². The number of hydrogen-bond acceptors (Lipinski definition) is 5. The second kappa shape index (κ2) is 6.21. The molecule has 3 heterocycles. The van der Waals surface area contributed by atoms with Crippen molar-refractivity contribution in [1.29, 1.82) is 0 Å².